The lowest BCUT2D eigenvalue weighted by molar-refractivity contribution is -0.136. The Morgan fingerprint density at radius 1 is 1.26 bits per heavy atom. The maximum Gasteiger partial charge on any atom is 0.390 e. The van der Waals surface area contributed by atoms with Gasteiger partial charge in [0.25, 0.3) is 0 Å². The van der Waals surface area contributed by atoms with Gasteiger partial charge in [0.2, 0.25) is 5.91 Å². The van der Waals surface area contributed by atoms with Gasteiger partial charge in [-0.2, -0.15) is 13.2 Å². The molecule has 1 aromatic carbocycles. The number of alkyl halides is 3. The standard InChI is InChI=1S/C13H15F3N2O/c14-13(15,16)7-8-18-11(19)12(5-6-12)9-1-3-10(17)4-2-9/h1-4H,5-8,17H2,(H,18,19). The first kappa shape index (κ1) is 13.7. The number of carbonyl (C=O) groups is 1. The Morgan fingerprint density at radius 2 is 1.84 bits per heavy atom. The van der Waals surface area contributed by atoms with Crippen LogP contribution in [0, 0.1) is 0 Å². The highest BCUT2D eigenvalue weighted by molar-refractivity contribution is 5.91. The molecule has 0 radical (unpaired) electrons. The second kappa shape index (κ2) is 4.75. The fraction of sp³-hybridized carbons (Fsp3) is 0.462. The van der Waals surface area contributed by atoms with Gasteiger partial charge in [-0.3, -0.25) is 4.79 Å². The van der Waals surface area contributed by atoms with Gasteiger partial charge in [0.1, 0.15) is 0 Å². The number of rotatable bonds is 4. The predicted octanol–water partition coefficient (Wildman–Crippen LogP) is 2.37. The summed E-state index contributed by atoms with van der Waals surface area (Å²) in [7, 11) is 0. The summed E-state index contributed by atoms with van der Waals surface area (Å²) < 4.78 is 36.1. The van der Waals surface area contributed by atoms with Gasteiger partial charge in [-0.05, 0) is 30.5 Å². The van der Waals surface area contributed by atoms with E-state index in [0.717, 1.165) is 5.56 Å². The number of anilines is 1. The van der Waals surface area contributed by atoms with E-state index in [2.05, 4.69) is 5.32 Å². The van der Waals surface area contributed by atoms with Crippen LogP contribution in [0.2, 0.25) is 0 Å². The molecule has 1 aliphatic rings. The molecule has 1 aliphatic carbocycles. The second-order valence-electron chi connectivity index (χ2n) is 4.83. The van der Waals surface area contributed by atoms with Crippen molar-refractivity contribution in [2.45, 2.75) is 30.9 Å². The fourth-order valence-corrected chi connectivity index (χ4v) is 2.06. The van der Waals surface area contributed by atoms with Gasteiger partial charge >= 0.3 is 6.18 Å². The van der Waals surface area contributed by atoms with Crippen LogP contribution in [-0.4, -0.2) is 18.6 Å². The predicted molar refractivity (Wildman–Crippen MR) is 65.4 cm³/mol. The first-order chi connectivity index (χ1) is 8.83. The van der Waals surface area contributed by atoms with Crippen LogP contribution in [0.1, 0.15) is 24.8 Å². The third-order valence-corrected chi connectivity index (χ3v) is 3.34. The molecule has 0 aliphatic heterocycles. The van der Waals surface area contributed by atoms with E-state index in [4.69, 9.17) is 5.73 Å². The smallest absolute Gasteiger partial charge is 0.390 e. The zero-order valence-corrected chi connectivity index (χ0v) is 10.3. The number of nitrogens with one attached hydrogen (secondary N) is 1. The van der Waals surface area contributed by atoms with Gasteiger partial charge in [-0.1, -0.05) is 12.1 Å². The summed E-state index contributed by atoms with van der Waals surface area (Å²) in [6.07, 6.45) is -3.93. The summed E-state index contributed by atoms with van der Waals surface area (Å²) in [5.74, 6) is -0.332. The average molecular weight is 272 g/mol. The van der Waals surface area contributed by atoms with Crippen molar-refractivity contribution in [1.29, 1.82) is 0 Å². The van der Waals surface area contributed by atoms with E-state index < -0.39 is 18.0 Å². The van der Waals surface area contributed by atoms with Gasteiger partial charge in [0.15, 0.2) is 0 Å². The Morgan fingerprint density at radius 3 is 2.32 bits per heavy atom. The molecule has 0 heterocycles. The highest BCUT2D eigenvalue weighted by Gasteiger charge is 2.51. The first-order valence-corrected chi connectivity index (χ1v) is 6.05. The van der Waals surface area contributed by atoms with Gasteiger partial charge < -0.3 is 11.1 Å². The number of nitrogens with two attached hydrogens (primary N) is 1. The molecule has 2 rings (SSSR count). The normalized spacial score (nSPS) is 17.0. The largest absolute Gasteiger partial charge is 0.399 e. The molecule has 0 aromatic heterocycles. The number of hydrogen-bond donors (Lipinski definition) is 2. The maximum absolute atomic E-state index is 12.0. The monoisotopic (exact) mass is 272 g/mol. The van der Waals surface area contributed by atoms with Gasteiger partial charge in [0.05, 0.1) is 11.8 Å². The molecular weight excluding hydrogens is 257 g/mol. The van der Waals surface area contributed by atoms with Crippen LogP contribution in [0.3, 0.4) is 0 Å². The molecule has 1 fully saturated rings. The van der Waals surface area contributed by atoms with Crippen molar-refractivity contribution in [3.63, 3.8) is 0 Å². The molecule has 0 unspecified atom stereocenters. The Kier molecular flexibility index (Phi) is 3.43. The summed E-state index contributed by atoms with van der Waals surface area (Å²) in [5, 5.41) is 2.36. The van der Waals surface area contributed by atoms with Crippen molar-refractivity contribution in [3.8, 4) is 0 Å². The van der Waals surface area contributed by atoms with E-state index in [1.54, 1.807) is 24.3 Å². The summed E-state index contributed by atoms with van der Waals surface area (Å²) in [5.41, 5.74) is 6.32. The average Bonchev–Trinajstić information content (AvgIpc) is 3.09. The zero-order chi connectivity index (χ0) is 14.1. The minimum absolute atomic E-state index is 0.332. The van der Waals surface area contributed by atoms with Gasteiger partial charge in [-0.15, -0.1) is 0 Å². The zero-order valence-electron chi connectivity index (χ0n) is 10.3. The van der Waals surface area contributed by atoms with E-state index in [1.807, 2.05) is 0 Å². The number of amides is 1. The Balaban J connectivity index is 1.97. The van der Waals surface area contributed by atoms with E-state index in [9.17, 15) is 18.0 Å². The maximum atomic E-state index is 12.0. The molecule has 0 bridgehead atoms. The molecule has 1 saturated carbocycles. The summed E-state index contributed by atoms with van der Waals surface area (Å²) in [6.45, 7) is -0.376. The van der Waals surface area contributed by atoms with Crippen molar-refractivity contribution in [2.75, 3.05) is 12.3 Å². The highest BCUT2D eigenvalue weighted by Crippen LogP contribution is 2.48. The fourth-order valence-electron chi connectivity index (χ4n) is 2.06. The van der Waals surface area contributed by atoms with Crippen LogP contribution >= 0.6 is 0 Å². The first-order valence-electron chi connectivity index (χ1n) is 6.05. The van der Waals surface area contributed by atoms with Crippen LogP contribution in [0.15, 0.2) is 24.3 Å². The van der Waals surface area contributed by atoms with Crippen molar-refractivity contribution in [2.24, 2.45) is 0 Å². The quantitative estimate of drug-likeness (QED) is 0.827. The van der Waals surface area contributed by atoms with E-state index >= 15 is 0 Å². The highest BCUT2D eigenvalue weighted by atomic mass is 19.4. The topological polar surface area (TPSA) is 55.1 Å². The number of hydrogen-bond acceptors (Lipinski definition) is 2. The minimum atomic E-state index is -4.24. The molecule has 6 heteroatoms. The lowest BCUT2D eigenvalue weighted by Gasteiger charge is -2.16. The molecule has 0 atom stereocenters. The van der Waals surface area contributed by atoms with Crippen LogP contribution in [0.4, 0.5) is 18.9 Å². The molecule has 19 heavy (non-hydrogen) atoms. The molecule has 1 aromatic rings. The van der Waals surface area contributed by atoms with E-state index in [1.165, 1.54) is 0 Å². The van der Waals surface area contributed by atoms with E-state index in [-0.39, 0.29) is 12.5 Å². The number of carbonyl (C=O) groups excluding carboxylic acids is 1. The van der Waals surface area contributed by atoms with Crippen LogP contribution in [0.5, 0.6) is 0 Å². The number of nitrogen functional groups attached to an aromatic ring is 1. The van der Waals surface area contributed by atoms with Crippen molar-refractivity contribution in [3.05, 3.63) is 29.8 Å². The molecule has 0 saturated heterocycles. The van der Waals surface area contributed by atoms with Crippen LogP contribution < -0.4 is 11.1 Å². The van der Waals surface area contributed by atoms with E-state index in [0.29, 0.717) is 18.5 Å². The minimum Gasteiger partial charge on any atom is -0.399 e. The third-order valence-electron chi connectivity index (χ3n) is 3.34. The Labute approximate surface area is 109 Å². The third kappa shape index (κ3) is 3.19. The Hall–Kier alpha value is -1.72. The van der Waals surface area contributed by atoms with Crippen molar-refractivity contribution in [1.82, 2.24) is 5.32 Å². The molecular formula is C13H15F3N2O. The molecule has 104 valence electrons. The summed E-state index contributed by atoms with van der Waals surface area (Å²) >= 11 is 0. The number of halogens is 3. The summed E-state index contributed by atoms with van der Waals surface area (Å²) in [4.78, 5) is 12.0. The number of benzene rings is 1. The molecule has 3 N–H and O–H groups in total. The van der Waals surface area contributed by atoms with Crippen LogP contribution in [0.25, 0.3) is 0 Å². The van der Waals surface area contributed by atoms with Crippen molar-refractivity contribution < 1.29 is 18.0 Å². The second-order valence-corrected chi connectivity index (χ2v) is 4.83. The SMILES string of the molecule is Nc1ccc(C2(C(=O)NCCC(F)(F)F)CC2)cc1. The Bertz CT molecular complexity index is 464. The van der Waals surface area contributed by atoms with Gasteiger partial charge in [-0.25, -0.2) is 0 Å². The molecule has 0 spiro atoms. The molecule has 1 amide bonds. The van der Waals surface area contributed by atoms with Gasteiger partial charge in [0, 0.05) is 12.2 Å². The summed E-state index contributed by atoms with van der Waals surface area (Å²) in [6, 6.07) is 6.90. The lowest BCUT2D eigenvalue weighted by atomic mass is 9.95. The van der Waals surface area contributed by atoms with Crippen molar-refractivity contribution >= 4 is 11.6 Å². The van der Waals surface area contributed by atoms with Crippen LogP contribution in [-0.2, 0) is 10.2 Å². The lowest BCUT2D eigenvalue weighted by Crippen LogP contribution is -2.36. The molecule has 3 nitrogen and oxygen atoms in total.